The minimum Gasteiger partial charge on any atom is -0.370 e. The summed E-state index contributed by atoms with van der Waals surface area (Å²) in [6, 6.07) is 23.3. The number of nitrogens with two attached hydrogens (primary N) is 3. The molecular formula is C52H55N9O9S3. The number of primary amides is 3. The molecule has 0 fully saturated rings. The van der Waals surface area contributed by atoms with Gasteiger partial charge in [0.25, 0.3) is 0 Å². The highest BCUT2D eigenvalue weighted by Crippen LogP contribution is 2.34. The average molecular weight is 1050 g/mol. The molecule has 3 heterocycles. The lowest BCUT2D eigenvalue weighted by Gasteiger charge is -2.22. The van der Waals surface area contributed by atoms with Crippen LogP contribution in [0.3, 0.4) is 0 Å². The fourth-order valence-electron chi connectivity index (χ4n) is 7.68. The average Bonchev–Trinajstić information content (AvgIpc) is 4.18. The van der Waals surface area contributed by atoms with E-state index >= 15 is 0 Å². The number of carbonyl (C=O) groups excluding carboxylic acids is 9. The number of benzene rings is 3. The predicted octanol–water partition coefficient (Wildman–Crippen LogP) is 4.85. The molecule has 73 heavy (non-hydrogen) atoms. The van der Waals surface area contributed by atoms with E-state index in [1.54, 1.807) is 36.4 Å². The Balaban J connectivity index is 1.22. The second-order valence-electron chi connectivity index (χ2n) is 17.1. The molecule has 6 aromatic rings. The number of hydrogen-bond donors (Lipinski definition) is 9. The van der Waals surface area contributed by atoms with E-state index in [1.165, 1.54) is 34.0 Å². The zero-order valence-electron chi connectivity index (χ0n) is 39.4. The van der Waals surface area contributed by atoms with Crippen LogP contribution in [0.5, 0.6) is 0 Å². The van der Waals surface area contributed by atoms with Gasteiger partial charge in [-0.15, -0.1) is 0 Å². The maximum absolute atomic E-state index is 13.6. The van der Waals surface area contributed by atoms with Crippen molar-refractivity contribution < 1.29 is 43.2 Å². The van der Waals surface area contributed by atoms with Gasteiger partial charge in [-0.3, -0.25) is 43.2 Å². The summed E-state index contributed by atoms with van der Waals surface area (Å²) in [5, 5.41) is 27.7. The van der Waals surface area contributed by atoms with Crippen molar-refractivity contribution in [3.63, 3.8) is 0 Å². The number of amides is 9. The summed E-state index contributed by atoms with van der Waals surface area (Å²) in [7, 11) is 0. The summed E-state index contributed by atoms with van der Waals surface area (Å²) < 4.78 is 0. The van der Waals surface area contributed by atoms with Gasteiger partial charge in [-0.1, -0.05) is 36.4 Å². The van der Waals surface area contributed by atoms with Crippen LogP contribution in [-0.2, 0) is 62.4 Å². The largest absolute Gasteiger partial charge is 0.370 e. The van der Waals surface area contributed by atoms with E-state index in [4.69, 9.17) is 17.2 Å². The molecule has 3 aromatic carbocycles. The first-order valence-corrected chi connectivity index (χ1v) is 25.9. The number of carbonyl (C=O) groups is 9. The number of hydrogen-bond acceptors (Lipinski definition) is 12. The molecule has 18 nitrogen and oxygen atoms in total. The Kier molecular flexibility index (Phi) is 20.1. The van der Waals surface area contributed by atoms with Crippen LogP contribution < -0.4 is 49.1 Å². The Hall–Kier alpha value is -8.01. The maximum Gasteiger partial charge on any atom is 0.246 e. The standard InChI is InChI=1S/C52H55N9O9S3/c53-43(62)16-13-40(59-46(65)25-31-19-22-71-28-31)50(68)56-37-7-1-34(2-8-37)49(35-3-9-38(10-4-35)57-51(69)41(14-17-44(54)63)60-47(66)26-32-20-23-72-29-32)36-5-11-39(12-6-36)58-52(70)42(15-18-45(55)64)61-48(67)27-33-21-24-73-30-33/h1-12,19-24,28-30,40-42,49H,13-18,25-27H2,(H2,53,62)(H2,54,63)(H2,55,64)(H,56,68)(H,57,69)(H,58,70)(H,59,65)(H,60,66)(H,61,67)/t40-,41-,42-/m0/s1. The van der Waals surface area contributed by atoms with Crippen molar-refractivity contribution in [2.24, 2.45) is 17.2 Å². The van der Waals surface area contributed by atoms with Crippen LogP contribution in [0.4, 0.5) is 17.1 Å². The first-order valence-electron chi connectivity index (χ1n) is 23.1. The smallest absolute Gasteiger partial charge is 0.246 e. The molecule has 21 heteroatoms. The highest BCUT2D eigenvalue weighted by molar-refractivity contribution is 7.08. The first-order chi connectivity index (χ1) is 35.1. The summed E-state index contributed by atoms with van der Waals surface area (Å²) in [6.45, 7) is 0. The summed E-state index contributed by atoms with van der Waals surface area (Å²) in [5.74, 6) is -5.15. The molecule has 6 rings (SSSR count). The van der Waals surface area contributed by atoms with Gasteiger partial charge in [0.2, 0.25) is 53.2 Å². The van der Waals surface area contributed by atoms with Crippen LogP contribution in [-0.4, -0.2) is 71.3 Å². The van der Waals surface area contributed by atoms with Crippen molar-refractivity contribution in [3.05, 3.63) is 157 Å². The Morgan fingerprint density at radius 1 is 0.384 bits per heavy atom. The van der Waals surface area contributed by atoms with Gasteiger partial charge < -0.3 is 49.1 Å². The quantitative estimate of drug-likeness (QED) is 0.0318. The van der Waals surface area contributed by atoms with Crippen LogP contribution in [0, 0.1) is 0 Å². The summed E-state index contributed by atoms with van der Waals surface area (Å²) in [6.07, 6.45) is -0.274. The molecule has 0 aliphatic carbocycles. The Morgan fingerprint density at radius 2 is 0.644 bits per heavy atom. The fourth-order valence-corrected chi connectivity index (χ4v) is 9.69. The Bertz CT molecular complexity index is 2530. The lowest BCUT2D eigenvalue weighted by atomic mass is 9.85. The fraction of sp³-hybridized carbons (Fsp3) is 0.250. The van der Waals surface area contributed by atoms with E-state index in [-0.39, 0.29) is 57.8 Å². The minimum absolute atomic E-state index is 0.0138. The van der Waals surface area contributed by atoms with Crippen molar-refractivity contribution in [1.82, 2.24) is 16.0 Å². The highest BCUT2D eigenvalue weighted by Gasteiger charge is 2.26. The van der Waals surface area contributed by atoms with Gasteiger partial charge in [-0.25, -0.2) is 0 Å². The van der Waals surface area contributed by atoms with E-state index in [1.807, 2.05) is 86.9 Å². The molecule has 0 unspecified atom stereocenters. The molecule has 380 valence electrons. The SMILES string of the molecule is NC(=O)CC[C@H](NC(=O)Cc1ccsc1)C(=O)Nc1ccc(C(c2ccc(NC(=O)[C@H](CCC(N)=O)NC(=O)Cc3ccsc3)cc2)c2ccc(NC(=O)[C@H](CCC(N)=O)NC(=O)Cc3ccsc3)cc2)cc1. The lowest BCUT2D eigenvalue weighted by molar-refractivity contribution is -0.126. The molecule has 0 aliphatic heterocycles. The highest BCUT2D eigenvalue weighted by atomic mass is 32.1. The summed E-state index contributed by atoms with van der Waals surface area (Å²) >= 11 is 4.32. The van der Waals surface area contributed by atoms with Crippen LogP contribution in [0.25, 0.3) is 0 Å². The third kappa shape index (κ3) is 17.7. The normalized spacial score (nSPS) is 12.1. The minimum atomic E-state index is -1.05. The molecule has 9 amide bonds. The van der Waals surface area contributed by atoms with Crippen molar-refractivity contribution in [2.75, 3.05) is 16.0 Å². The maximum atomic E-state index is 13.6. The molecule has 0 saturated carbocycles. The lowest BCUT2D eigenvalue weighted by Crippen LogP contribution is -2.44. The van der Waals surface area contributed by atoms with E-state index < -0.39 is 77.2 Å². The number of anilines is 3. The monoisotopic (exact) mass is 1050 g/mol. The third-order valence-corrected chi connectivity index (χ3v) is 13.6. The van der Waals surface area contributed by atoms with E-state index in [9.17, 15) is 43.2 Å². The van der Waals surface area contributed by atoms with Gasteiger partial charge >= 0.3 is 0 Å². The van der Waals surface area contributed by atoms with Crippen LogP contribution in [0.15, 0.2) is 123 Å². The molecule has 3 aromatic heterocycles. The van der Waals surface area contributed by atoms with Gasteiger partial charge in [0, 0.05) is 42.2 Å². The van der Waals surface area contributed by atoms with Crippen molar-refractivity contribution in [1.29, 1.82) is 0 Å². The second-order valence-corrected chi connectivity index (χ2v) is 19.4. The van der Waals surface area contributed by atoms with Gasteiger partial charge in [0.15, 0.2) is 0 Å². The molecule has 3 atom stereocenters. The molecule has 0 spiro atoms. The molecule has 0 saturated heterocycles. The number of thiophene rings is 3. The van der Waals surface area contributed by atoms with Crippen molar-refractivity contribution >= 4 is 104 Å². The molecule has 0 bridgehead atoms. The topological polar surface area (TPSA) is 304 Å². The van der Waals surface area contributed by atoms with Crippen molar-refractivity contribution in [2.45, 2.75) is 81.8 Å². The summed E-state index contributed by atoms with van der Waals surface area (Å²) in [5.41, 5.74) is 22.0. The summed E-state index contributed by atoms with van der Waals surface area (Å²) in [4.78, 5) is 114. The van der Waals surface area contributed by atoms with Crippen molar-refractivity contribution in [3.8, 4) is 0 Å². The number of nitrogens with one attached hydrogen (secondary N) is 6. The Morgan fingerprint density at radius 3 is 0.863 bits per heavy atom. The van der Waals surface area contributed by atoms with E-state index in [2.05, 4.69) is 31.9 Å². The Labute approximate surface area is 432 Å². The van der Waals surface area contributed by atoms with Gasteiger partial charge in [0.1, 0.15) is 18.1 Å². The second kappa shape index (κ2) is 27.0. The third-order valence-electron chi connectivity index (χ3n) is 11.4. The van der Waals surface area contributed by atoms with E-state index in [0.29, 0.717) is 17.1 Å². The molecular weight excluding hydrogens is 991 g/mol. The zero-order chi connectivity index (χ0) is 52.3. The zero-order valence-corrected chi connectivity index (χ0v) is 41.9. The first kappa shape index (κ1) is 54.3. The van der Waals surface area contributed by atoms with Crippen LogP contribution in [0.1, 0.15) is 77.8 Å². The van der Waals surface area contributed by atoms with Crippen LogP contribution >= 0.6 is 34.0 Å². The van der Waals surface area contributed by atoms with Gasteiger partial charge in [0.05, 0.1) is 19.3 Å². The number of rotatable bonds is 27. The molecule has 12 N–H and O–H groups in total. The van der Waals surface area contributed by atoms with E-state index in [0.717, 1.165) is 33.4 Å². The predicted molar refractivity (Wildman–Crippen MR) is 281 cm³/mol. The van der Waals surface area contributed by atoms with Gasteiger partial charge in [-0.2, -0.15) is 34.0 Å². The van der Waals surface area contributed by atoms with Crippen LogP contribution in [0.2, 0.25) is 0 Å². The van der Waals surface area contributed by atoms with Gasteiger partial charge in [-0.05, 0) is 140 Å². The molecule has 0 radical (unpaired) electrons. The molecule has 0 aliphatic rings.